The Labute approximate surface area is 91.1 Å². The minimum Gasteiger partial charge on any atom is -0.394 e. The molecule has 0 aromatic heterocycles. The largest absolute Gasteiger partial charge is 0.394 e. The van der Waals surface area contributed by atoms with Crippen LogP contribution in [0.3, 0.4) is 0 Å². The molecule has 1 aliphatic rings. The molecule has 1 aromatic carbocycles. The zero-order valence-electron chi connectivity index (χ0n) is 9.02. The lowest BCUT2D eigenvalue weighted by Gasteiger charge is -2.40. The van der Waals surface area contributed by atoms with Crippen LogP contribution in [0.15, 0.2) is 30.3 Å². The third kappa shape index (κ3) is 2.06. The smallest absolute Gasteiger partial charge is 0.0617 e. The normalized spacial score (nSPS) is 31.5. The van der Waals surface area contributed by atoms with Gasteiger partial charge in [-0.2, -0.15) is 0 Å². The van der Waals surface area contributed by atoms with E-state index in [1.165, 1.54) is 12.0 Å². The van der Waals surface area contributed by atoms with Gasteiger partial charge in [-0.3, -0.25) is 0 Å². The highest BCUT2D eigenvalue weighted by Gasteiger charge is 2.37. The summed E-state index contributed by atoms with van der Waals surface area (Å²) < 4.78 is 0. The van der Waals surface area contributed by atoms with Crippen molar-refractivity contribution >= 4 is 0 Å². The lowest BCUT2D eigenvalue weighted by molar-refractivity contribution is 0.135. The van der Waals surface area contributed by atoms with Crippen LogP contribution in [0, 0.1) is 0 Å². The van der Waals surface area contributed by atoms with Gasteiger partial charge in [0.1, 0.15) is 0 Å². The SMILES string of the molecule is NC1(CO)CCCCC1c1ccccc1. The predicted octanol–water partition coefficient (Wildman–Crippen LogP) is 2.03. The number of aliphatic hydroxyl groups is 1. The molecule has 82 valence electrons. The molecule has 0 saturated heterocycles. The highest BCUT2D eigenvalue weighted by atomic mass is 16.3. The van der Waals surface area contributed by atoms with Gasteiger partial charge in [0.25, 0.3) is 0 Å². The van der Waals surface area contributed by atoms with E-state index < -0.39 is 5.54 Å². The lowest BCUT2D eigenvalue weighted by Crippen LogP contribution is -2.50. The van der Waals surface area contributed by atoms with Crippen molar-refractivity contribution in [3.63, 3.8) is 0 Å². The molecular weight excluding hydrogens is 186 g/mol. The number of hydrogen-bond donors (Lipinski definition) is 2. The first-order valence-electron chi connectivity index (χ1n) is 5.71. The van der Waals surface area contributed by atoms with Crippen molar-refractivity contribution in [2.24, 2.45) is 5.73 Å². The fourth-order valence-electron chi connectivity index (χ4n) is 2.64. The van der Waals surface area contributed by atoms with Gasteiger partial charge in [0, 0.05) is 11.5 Å². The number of benzene rings is 1. The molecule has 1 aliphatic carbocycles. The maximum Gasteiger partial charge on any atom is 0.0617 e. The maximum atomic E-state index is 9.46. The zero-order chi connectivity index (χ0) is 10.7. The van der Waals surface area contributed by atoms with Gasteiger partial charge in [0.05, 0.1) is 6.61 Å². The van der Waals surface area contributed by atoms with E-state index in [1.54, 1.807) is 0 Å². The van der Waals surface area contributed by atoms with Crippen molar-refractivity contribution in [1.82, 2.24) is 0 Å². The predicted molar refractivity (Wildman–Crippen MR) is 61.7 cm³/mol. The van der Waals surface area contributed by atoms with Gasteiger partial charge in [-0.05, 0) is 18.4 Å². The first-order chi connectivity index (χ1) is 7.26. The van der Waals surface area contributed by atoms with E-state index in [-0.39, 0.29) is 6.61 Å². The van der Waals surface area contributed by atoms with Crippen LogP contribution in [0.5, 0.6) is 0 Å². The average Bonchev–Trinajstić information content (AvgIpc) is 2.31. The summed E-state index contributed by atoms with van der Waals surface area (Å²) in [6.07, 6.45) is 4.39. The summed E-state index contributed by atoms with van der Waals surface area (Å²) >= 11 is 0. The monoisotopic (exact) mass is 205 g/mol. The molecule has 1 aromatic rings. The van der Waals surface area contributed by atoms with Crippen LogP contribution < -0.4 is 5.73 Å². The van der Waals surface area contributed by atoms with Crippen LogP contribution in [0.4, 0.5) is 0 Å². The van der Waals surface area contributed by atoms with Crippen LogP contribution in [0.2, 0.25) is 0 Å². The molecule has 2 atom stereocenters. The Morgan fingerprint density at radius 2 is 2.00 bits per heavy atom. The summed E-state index contributed by atoms with van der Waals surface area (Å²) in [4.78, 5) is 0. The Hall–Kier alpha value is -0.860. The average molecular weight is 205 g/mol. The van der Waals surface area contributed by atoms with Gasteiger partial charge in [-0.1, -0.05) is 43.2 Å². The molecule has 1 fully saturated rings. The minimum atomic E-state index is -0.403. The Morgan fingerprint density at radius 1 is 1.27 bits per heavy atom. The van der Waals surface area contributed by atoms with E-state index >= 15 is 0 Å². The van der Waals surface area contributed by atoms with Crippen molar-refractivity contribution < 1.29 is 5.11 Å². The van der Waals surface area contributed by atoms with E-state index in [0.29, 0.717) is 5.92 Å². The minimum absolute atomic E-state index is 0.0898. The lowest BCUT2D eigenvalue weighted by atomic mass is 9.70. The van der Waals surface area contributed by atoms with Gasteiger partial charge in [0.2, 0.25) is 0 Å². The summed E-state index contributed by atoms with van der Waals surface area (Å²) in [5.41, 5.74) is 7.15. The third-order valence-electron chi connectivity index (χ3n) is 3.58. The molecule has 0 spiro atoms. The quantitative estimate of drug-likeness (QED) is 0.776. The molecule has 0 heterocycles. The van der Waals surface area contributed by atoms with Crippen molar-refractivity contribution in [3.8, 4) is 0 Å². The summed E-state index contributed by atoms with van der Waals surface area (Å²) in [7, 11) is 0. The fourth-order valence-corrected chi connectivity index (χ4v) is 2.64. The Morgan fingerprint density at radius 3 is 2.67 bits per heavy atom. The summed E-state index contributed by atoms with van der Waals surface area (Å²) in [6, 6.07) is 10.3. The van der Waals surface area contributed by atoms with Gasteiger partial charge in [-0.15, -0.1) is 0 Å². The first-order valence-corrected chi connectivity index (χ1v) is 5.71. The molecule has 3 N–H and O–H groups in total. The molecular formula is C13H19NO. The molecule has 0 radical (unpaired) electrons. The second kappa shape index (κ2) is 4.33. The van der Waals surface area contributed by atoms with Crippen molar-refractivity contribution in [3.05, 3.63) is 35.9 Å². The maximum absolute atomic E-state index is 9.46. The second-order valence-electron chi connectivity index (χ2n) is 4.60. The Balaban J connectivity index is 2.26. The van der Waals surface area contributed by atoms with Crippen LogP contribution in [-0.4, -0.2) is 17.3 Å². The highest BCUT2D eigenvalue weighted by molar-refractivity contribution is 5.24. The third-order valence-corrected chi connectivity index (χ3v) is 3.58. The van der Waals surface area contributed by atoms with Gasteiger partial charge in [0.15, 0.2) is 0 Å². The first kappa shape index (κ1) is 10.7. The van der Waals surface area contributed by atoms with Crippen molar-refractivity contribution in [2.45, 2.75) is 37.1 Å². The molecule has 1 saturated carbocycles. The van der Waals surface area contributed by atoms with E-state index in [1.807, 2.05) is 18.2 Å². The summed E-state index contributed by atoms with van der Waals surface area (Å²) in [5.74, 6) is 0.317. The molecule has 2 heteroatoms. The number of aliphatic hydroxyl groups excluding tert-OH is 1. The molecule has 0 bridgehead atoms. The van der Waals surface area contributed by atoms with Crippen LogP contribution in [0.25, 0.3) is 0 Å². The number of nitrogens with two attached hydrogens (primary N) is 1. The molecule has 2 unspecified atom stereocenters. The number of hydrogen-bond acceptors (Lipinski definition) is 2. The molecule has 0 amide bonds. The number of rotatable bonds is 2. The van der Waals surface area contributed by atoms with Crippen molar-refractivity contribution in [2.75, 3.05) is 6.61 Å². The summed E-state index contributed by atoms with van der Waals surface area (Å²) in [5, 5.41) is 9.46. The van der Waals surface area contributed by atoms with E-state index in [2.05, 4.69) is 12.1 Å². The fraction of sp³-hybridized carbons (Fsp3) is 0.538. The van der Waals surface area contributed by atoms with E-state index in [0.717, 1.165) is 19.3 Å². The van der Waals surface area contributed by atoms with Crippen LogP contribution in [0.1, 0.15) is 37.2 Å². The van der Waals surface area contributed by atoms with Crippen LogP contribution >= 0.6 is 0 Å². The van der Waals surface area contributed by atoms with Gasteiger partial charge in [-0.25, -0.2) is 0 Å². The second-order valence-corrected chi connectivity index (χ2v) is 4.60. The standard InChI is InChI=1S/C13H19NO/c14-13(10-15)9-5-4-8-12(13)11-6-2-1-3-7-11/h1-3,6-7,12,15H,4-5,8-10,14H2. The molecule has 2 nitrogen and oxygen atoms in total. The van der Waals surface area contributed by atoms with Crippen molar-refractivity contribution in [1.29, 1.82) is 0 Å². The topological polar surface area (TPSA) is 46.2 Å². The van der Waals surface area contributed by atoms with E-state index in [4.69, 9.17) is 5.73 Å². The molecule has 0 aliphatic heterocycles. The van der Waals surface area contributed by atoms with E-state index in [9.17, 15) is 5.11 Å². The van der Waals surface area contributed by atoms with Gasteiger partial charge >= 0.3 is 0 Å². The van der Waals surface area contributed by atoms with Crippen LogP contribution in [-0.2, 0) is 0 Å². The Bertz CT molecular complexity index is 312. The molecule has 2 rings (SSSR count). The summed E-state index contributed by atoms with van der Waals surface area (Å²) in [6.45, 7) is 0.0898. The zero-order valence-corrected chi connectivity index (χ0v) is 9.02. The molecule has 15 heavy (non-hydrogen) atoms. The highest BCUT2D eigenvalue weighted by Crippen LogP contribution is 2.38. The van der Waals surface area contributed by atoms with Gasteiger partial charge < -0.3 is 10.8 Å². The Kier molecular flexibility index (Phi) is 3.08.